The van der Waals surface area contributed by atoms with Crippen LogP contribution in [0.5, 0.6) is 0 Å². The molecule has 0 spiro atoms. The van der Waals surface area contributed by atoms with Crippen molar-refractivity contribution in [3.8, 4) is 0 Å². The van der Waals surface area contributed by atoms with Gasteiger partial charge in [-0.25, -0.2) is 0 Å². The van der Waals surface area contributed by atoms with Crippen molar-refractivity contribution in [2.75, 3.05) is 6.54 Å². The molecule has 1 aromatic carbocycles. The van der Waals surface area contributed by atoms with Gasteiger partial charge in [0.2, 0.25) is 11.8 Å². The fourth-order valence-electron chi connectivity index (χ4n) is 3.51. The lowest BCUT2D eigenvalue weighted by Crippen LogP contribution is -2.37. The first-order valence-electron chi connectivity index (χ1n) is 8.71. The number of amides is 2. The van der Waals surface area contributed by atoms with Crippen LogP contribution < -0.4 is 10.6 Å². The van der Waals surface area contributed by atoms with Crippen molar-refractivity contribution in [2.24, 2.45) is 17.8 Å². The molecule has 4 heteroatoms. The van der Waals surface area contributed by atoms with Gasteiger partial charge in [-0.05, 0) is 42.2 Å². The van der Waals surface area contributed by atoms with Gasteiger partial charge >= 0.3 is 0 Å². The van der Waals surface area contributed by atoms with Gasteiger partial charge in [0.1, 0.15) is 0 Å². The van der Waals surface area contributed by atoms with E-state index in [2.05, 4.69) is 42.7 Å². The molecule has 4 nitrogen and oxygen atoms in total. The summed E-state index contributed by atoms with van der Waals surface area (Å²) < 4.78 is 0. The molecule has 2 aliphatic carbocycles. The van der Waals surface area contributed by atoms with E-state index in [-0.39, 0.29) is 23.8 Å². The van der Waals surface area contributed by atoms with Crippen LogP contribution in [0.3, 0.4) is 0 Å². The van der Waals surface area contributed by atoms with Crippen molar-refractivity contribution in [1.82, 2.24) is 10.6 Å². The summed E-state index contributed by atoms with van der Waals surface area (Å²) in [5.41, 5.74) is 2.59. The predicted molar refractivity (Wildman–Crippen MR) is 89.7 cm³/mol. The van der Waals surface area contributed by atoms with Gasteiger partial charge < -0.3 is 10.6 Å². The quantitative estimate of drug-likeness (QED) is 0.877. The lowest BCUT2D eigenvalue weighted by Gasteiger charge is -2.32. The van der Waals surface area contributed by atoms with E-state index in [0.29, 0.717) is 24.8 Å². The smallest absolute Gasteiger partial charge is 0.223 e. The van der Waals surface area contributed by atoms with E-state index in [1.165, 1.54) is 11.1 Å². The maximum atomic E-state index is 12.2. The van der Waals surface area contributed by atoms with Crippen LogP contribution in [0.4, 0.5) is 0 Å². The fourth-order valence-corrected chi connectivity index (χ4v) is 3.51. The van der Waals surface area contributed by atoms with Gasteiger partial charge in [0.25, 0.3) is 0 Å². The molecule has 0 aliphatic heterocycles. The summed E-state index contributed by atoms with van der Waals surface area (Å²) in [4.78, 5) is 24.0. The van der Waals surface area contributed by atoms with Gasteiger partial charge in [-0.15, -0.1) is 0 Å². The molecular weight excluding hydrogens is 288 g/mol. The standard InChI is InChI=1S/C19H26N2O2/c1-12-7-8-14-5-3-4-6-15(14)18(12)21-17(22)9-10-20-19(23)16-11-13(16)2/h3-6,12-13,16,18H,7-11H2,1-2H3,(H,20,23)(H,21,22)/t12-,13+,16-,18-/m0/s1. The van der Waals surface area contributed by atoms with E-state index in [0.717, 1.165) is 19.3 Å². The first-order chi connectivity index (χ1) is 11.1. The number of aryl methyl sites for hydroxylation is 1. The molecule has 1 fully saturated rings. The third-order valence-corrected chi connectivity index (χ3v) is 5.24. The molecule has 2 amide bonds. The number of nitrogens with one attached hydrogen (secondary N) is 2. The highest BCUT2D eigenvalue weighted by Crippen LogP contribution is 2.37. The number of carbonyl (C=O) groups excluding carboxylic acids is 2. The minimum Gasteiger partial charge on any atom is -0.355 e. The van der Waals surface area contributed by atoms with Gasteiger partial charge in [0.15, 0.2) is 0 Å². The molecule has 3 rings (SSSR count). The minimum absolute atomic E-state index is 0.0164. The molecule has 1 aromatic rings. The summed E-state index contributed by atoms with van der Waals surface area (Å²) in [6.07, 6.45) is 3.50. The zero-order chi connectivity index (χ0) is 16.4. The third kappa shape index (κ3) is 3.74. The molecule has 1 saturated carbocycles. The van der Waals surface area contributed by atoms with Gasteiger partial charge in [0.05, 0.1) is 6.04 Å². The van der Waals surface area contributed by atoms with Gasteiger partial charge in [-0.2, -0.15) is 0 Å². The van der Waals surface area contributed by atoms with Crippen LogP contribution in [-0.4, -0.2) is 18.4 Å². The normalized spacial score (nSPS) is 28.6. The van der Waals surface area contributed by atoms with Crippen LogP contribution >= 0.6 is 0 Å². The first kappa shape index (κ1) is 16.0. The van der Waals surface area contributed by atoms with Crippen LogP contribution in [0.2, 0.25) is 0 Å². The number of carbonyl (C=O) groups is 2. The van der Waals surface area contributed by atoms with Crippen molar-refractivity contribution in [3.05, 3.63) is 35.4 Å². The maximum Gasteiger partial charge on any atom is 0.223 e. The molecule has 0 radical (unpaired) electrons. The van der Waals surface area contributed by atoms with Crippen LogP contribution in [0.15, 0.2) is 24.3 Å². The Morgan fingerprint density at radius 2 is 1.91 bits per heavy atom. The van der Waals surface area contributed by atoms with Crippen molar-refractivity contribution < 1.29 is 9.59 Å². The molecule has 0 heterocycles. The number of benzene rings is 1. The topological polar surface area (TPSA) is 58.2 Å². The molecule has 0 saturated heterocycles. The minimum atomic E-state index is 0.0164. The van der Waals surface area contributed by atoms with Crippen molar-refractivity contribution >= 4 is 11.8 Å². The molecule has 2 N–H and O–H groups in total. The van der Waals surface area contributed by atoms with Crippen LogP contribution in [0.25, 0.3) is 0 Å². The SMILES string of the molecule is C[C@@H]1C[C@@H]1C(=O)NCCC(=O)N[C@@H]1c2ccccc2CC[C@@H]1C. The Morgan fingerprint density at radius 1 is 1.17 bits per heavy atom. The van der Waals surface area contributed by atoms with E-state index in [4.69, 9.17) is 0 Å². The Labute approximate surface area is 138 Å². The maximum absolute atomic E-state index is 12.2. The highest BCUT2D eigenvalue weighted by atomic mass is 16.2. The number of rotatable bonds is 5. The lowest BCUT2D eigenvalue weighted by atomic mass is 9.80. The largest absolute Gasteiger partial charge is 0.355 e. The molecule has 124 valence electrons. The number of hydrogen-bond acceptors (Lipinski definition) is 2. The second-order valence-electron chi connectivity index (χ2n) is 7.12. The van der Waals surface area contributed by atoms with E-state index in [1.807, 2.05) is 6.07 Å². The second kappa shape index (κ2) is 6.73. The van der Waals surface area contributed by atoms with Crippen molar-refractivity contribution in [3.63, 3.8) is 0 Å². The zero-order valence-corrected chi connectivity index (χ0v) is 14.0. The van der Waals surface area contributed by atoms with Crippen molar-refractivity contribution in [1.29, 1.82) is 0 Å². The molecule has 2 aliphatic rings. The number of fused-ring (bicyclic) bond motifs is 1. The monoisotopic (exact) mass is 314 g/mol. The Morgan fingerprint density at radius 3 is 2.65 bits per heavy atom. The van der Waals surface area contributed by atoms with Gasteiger partial charge in [0, 0.05) is 18.9 Å². The highest BCUT2D eigenvalue weighted by Gasteiger charge is 2.38. The second-order valence-corrected chi connectivity index (χ2v) is 7.12. The van der Waals surface area contributed by atoms with E-state index >= 15 is 0 Å². The van der Waals surface area contributed by atoms with E-state index in [9.17, 15) is 9.59 Å². The zero-order valence-electron chi connectivity index (χ0n) is 14.0. The lowest BCUT2D eigenvalue weighted by molar-refractivity contribution is -0.123. The van der Waals surface area contributed by atoms with Crippen LogP contribution in [0, 0.1) is 17.8 Å². The molecule has 0 aromatic heterocycles. The molecule has 0 unspecified atom stereocenters. The summed E-state index contributed by atoms with van der Waals surface area (Å²) >= 11 is 0. The summed E-state index contributed by atoms with van der Waals surface area (Å²) in [5, 5.41) is 6.04. The summed E-state index contributed by atoms with van der Waals surface area (Å²) in [6, 6.07) is 8.45. The summed E-state index contributed by atoms with van der Waals surface area (Å²) in [6.45, 7) is 4.70. The molecule has 23 heavy (non-hydrogen) atoms. The highest BCUT2D eigenvalue weighted by molar-refractivity contribution is 5.82. The Kier molecular flexibility index (Phi) is 4.69. The van der Waals surface area contributed by atoms with Crippen molar-refractivity contribution in [2.45, 2.75) is 45.6 Å². The number of hydrogen-bond donors (Lipinski definition) is 2. The van der Waals surface area contributed by atoms with Gasteiger partial charge in [-0.1, -0.05) is 38.1 Å². The Balaban J connectivity index is 1.50. The van der Waals surface area contributed by atoms with Crippen LogP contribution in [-0.2, 0) is 16.0 Å². The molecular formula is C19H26N2O2. The van der Waals surface area contributed by atoms with Crippen LogP contribution in [0.1, 0.15) is 50.3 Å². The molecule has 4 atom stereocenters. The van der Waals surface area contributed by atoms with E-state index in [1.54, 1.807) is 0 Å². The Bertz CT molecular complexity index is 599. The predicted octanol–water partition coefficient (Wildman–Crippen LogP) is 2.59. The average molecular weight is 314 g/mol. The van der Waals surface area contributed by atoms with E-state index < -0.39 is 0 Å². The fraction of sp³-hybridized carbons (Fsp3) is 0.579. The third-order valence-electron chi connectivity index (χ3n) is 5.24. The Hall–Kier alpha value is -1.84. The molecule has 0 bridgehead atoms. The van der Waals surface area contributed by atoms with Gasteiger partial charge in [-0.3, -0.25) is 9.59 Å². The average Bonchev–Trinajstić information content (AvgIpc) is 3.27. The summed E-state index contributed by atoms with van der Waals surface area (Å²) in [7, 11) is 0. The first-order valence-corrected chi connectivity index (χ1v) is 8.71. The summed E-state index contributed by atoms with van der Waals surface area (Å²) in [5.74, 6) is 1.23.